The molecule has 0 unspecified atom stereocenters. The van der Waals surface area contributed by atoms with Crippen LogP contribution in [-0.2, 0) is 0 Å². The van der Waals surface area contributed by atoms with Crippen LogP contribution >= 0.6 is 0 Å². The molecule has 1 aromatic heterocycles. The average Bonchev–Trinajstić information content (AvgIpc) is 3.16. The predicted molar refractivity (Wildman–Crippen MR) is 106 cm³/mol. The molecule has 1 N–H and O–H groups in total. The van der Waals surface area contributed by atoms with Crippen LogP contribution in [0.1, 0.15) is 88.3 Å². The molecule has 0 saturated heterocycles. The van der Waals surface area contributed by atoms with Crippen LogP contribution in [0, 0.1) is 5.82 Å². The lowest BCUT2D eigenvalue weighted by molar-refractivity contribution is 0.102. The van der Waals surface area contributed by atoms with Crippen LogP contribution < -0.4 is 5.32 Å². The van der Waals surface area contributed by atoms with Gasteiger partial charge in [0.25, 0.3) is 12.3 Å². The number of amides is 1. The molecule has 3 rings (SSSR count). The van der Waals surface area contributed by atoms with Gasteiger partial charge in [-0.1, -0.05) is 53.0 Å². The summed E-state index contributed by atoms with van der Waals surface area (Å²) < 4.78 is 41.2. The van der Waals surface area contributed by atoms with Crippen molar-refractivity contribution in [2.24, 2.45) is 0 Å². The molecule has 2 aromatic rings. The van der Waals surface area contributed by atoms with Gasteiger partial charge in [-0.05, 0) is 31.0 Å². The third-order valence-electron chi connectivity index (χ3n) is 4.25. The number of hydrogen-bond donors (Lipinski definition) is 1. The Hall–Kier alpha value is -2.31. The van der Waals surface area contributed by atoms with Crippen molar-refractivity contribution in [2.45, 2.75) is 72.3 Å². The third kappa shape index (κ3) is 6.39. The highest BCUT2D eigenvalue weighted by Gasteiger charge is 2.24. The van der Waals surface area contributed by atoms with Crippen molar-refractivity contribution in [2.75, 3.05) is 5.32 Å². The quantitative estimate of drug-likeness (QED) is 0.619. The van der Waals surface area contributed by atoms with Crippen LogP contribution in [0.3, 0.4) is 0 Å². The fourth-order valence-corrected chi connectivity index (χ4v) is 3.02. The summed E-state index contributed by atoms with van der Waals surface area (Å²) in [5.74, 6) is -1.20. The summed E-state index contributed by atoms with van der Waals surface area (Å²) in [7, 11) is 0. The lowest BCUT2D eigenvalue weighted by Crippen LogP contribution is -2.13. The van der Waals surface area contributed by atoms with E-state index in [4.69, 9.17) is 0 Å². The van der Waals surface area contributed by atoms with Gasteiger partial charge < -0.3 is 5.32 Å². The third-order valence-corrected chi connectivity index (χ3v) is 4.25. The molecular formula is C21H30F3N3O. The highest BCUT2D eigenvalue weighted by Crippen LogP contribution is 2.32. The Bertz CT molecular complexity index is 725. The van der Waals surface area contributed by atoms with Crippen molar-refractivity contribution in [1.82, 2.24) is 9.78 Å². The fraction of sp³-hybridized carbons (Fsp3) is 0.524. The van der Waals surface area contributed by atoms with Crippen LogP contribution in [-0.4, -0.2) is 15.7 Å². The number of aromatic nitrogens is 2. The molecule has 0 radical (unpaired) electrons. The van der Waals surface area contributed by atoms with Gasteiger partial charge in [0.1, 0.15) is 5.82 Å². The second-order valence-electron chi connectivity index (χ2n) is 5.97. The molecule has 7 heteroatoms. The fourth-order valence-electron chi connectivity index (χ4n) is 3.02. The summed E-state index contributed by atoms with van der Waals surface area (Å²) in [6.45, 7) is 8.00. The number of alkyl halides is 2. The number of rotatable bonds is 4. The summed E-state index contributed by atoms with van der Waals surface area (Å²) in [5.41, 5.74) is -0.407. The molecule has 0 atom stereocenters. The Morgan fingerprint density at radius 3 is 2.36 bits per heavy atom. The molecule has 1 aliphatic rings. The lowest BCUT2D eigenvalue weighted by Gasteiger charge is -2.21. The van der Waals surface area contributed by atoms with Gasteiger partial charge in [0.2, 0.25) is 0 Å². The van der Waals surface area contributed by atoms with Gasteiger partial charge in [0.05, 0.1) is 11.7 Å². The molecule has 1 aromatic carbocycles. The second kappa shape index (κ2) is 12.2. The average molecular weight is 397 g/mol. The van der Waals surface area contributed by atoms with E-state index >= 15 is 0 Å². The van der Waals surface area contributed by atoms with Crippen molar-refractivity contribution in [1.29, 1.82) is 0 Å². The maximum atomic E-state index is 13.2. The number of benzene rings is 1. The predicted octanol–water partition coefficient (Wildman–Crippen LogP) is 6.77. The van der Waals surface area contributed by atoms with E-state index in [2.05, 4.69) is 10.4 Å². The van der Waals surface area contributed by atoms with Gasteiger partial charge in [-0.2, -0.15) is 5.10 Å². The first-order valence-electron chi connectivity index (χ1n) is 9.98. The van der Waals surface area contributed by atoms with Gasteiger partial charge in [0, 0.05) is 11.8 Å². The zero-order chi connectivity index (χ0) is 21.1. The van der Waals surface area contributed by atoms with Crippen molar-refractivity contribution < 1.29 is 18.0 Å². The van der Waals surface area contributed by atoms with Gasteiger partial charge >= 0.3 is 0 Å². The van der Waals surface area contributed by atoms with E-state index in [1.807, 2.05) is 27.7 Å². The zero-order valence-corrected chi connectivity index (χ0v) is 17.0. The summed E-state index contributed by atoms with van der Waals surface area (Å²) in [4.78, 5) is 12.2. The number of hydrogen-bond acceptors (Lipinski definition) is 2. The molecule has 156 valence electrons. The van der Waals surface area contributed by atoms with Crippen LogP contribution in [0.4, 0.5) is 18.9 Å². The molecule has 0 spiro atoms. The van der Waals surface area contributed by atoms with Crippen molar-refractivity contribution in [3.05, 3.63) is 47.5 Å². The Balaban J connectivity index is 0.000000921. The summed E-state index contributed by atoms with van der Waals surface area (Å²) in [6, 6.07) is 5.16. The Morgan fingerprint density at radius 1 is 1.14 bits per heavy atom. The number of halogens is 3. The molecule has 1 aliphatic carbocycles. The number of nitrogens with zero attached hydrogens (tertiary/aromatic N) is 2. The highest BCUT2D eigenvalue weighted by atomic mass is 19.3. The maximum absolute atomic E-state index is 13.2. The van der Waals surface area contributed by atoms with Gasteiger partial charge in [0.15, 0.2) is 5.69 Å². The Morgan fingerprint density at radius 2 is 1.79 bits per heavy atom. The highest BCUT2D eigenvalue weighted by molar-refractivity contribution is 6.04. The van der Waals surface area contributed by atoms with E-state index in [0.29, 0.717) is 0 Å². The number of carbonyl (C=O) groups is 1. The van der Waals surface area contributed by atoms with Gasteiger partial charge in [-0.25, -0.2) is 13.2 Å². The molecule has 0 aliphatic heterocycles. The van der Waals surface area contributed by atoms with Crippen LogP contribution in [0.5, 0.6) is 0 Å². The Kier molecular flexibility index (Phi) is 10.3. The van der Waals surface area contributed by atoms with Crippen molar-refractivity contribution >= 4 is 11.6 Å². The maximum Gasteiger partial charge on any atom is 0.284 e. The monoisotopic (exact) mass is 397 g/mol. The van der Waals surface area contributed by atoms with E-state index in [1.165, 1.54) is 29.1 Å². The van der Waals surface area contributed by atoms with E-state index in [9.17, 15) is 18.0 Å². The first kappa shape index (κ1) is 23.7. The molecule has 1 heterocycles. The van der Waals surface area contributed by atoms with E-state index in [1.54, 1.807) is 0 Å². The standard InChI is InChI=1S/C17H18F3N3O.2C2H6/c18-12-6-4-5-11(9-12)17(24)21-14-10-23(22-15(14)16(19)20)13-7-2-1-3-8-13;2*1-2/h4-6,9-10,13,16H,1-3,7-8H2,(H,21,24);2*1-2H3. The molecule has 28 heavy (non-hydrogen) atoms. The SMILES string of the molecule is CC.CC.O=C(Nc1cn(C2CCCCC2)nc1C(F)F)c1cccc(F)c1. The van der Waals surface area contributed by atoms with Crippen LogP contribution in [0.25, 0.3) is 0 Å². The molecule has 1 amide bonds. The zero-order valence-electron chi connectivity index (χ0n) is 17.0. The summed E-state index contributed by atoms with van der Waals surface area (Å²) in [5, 5.41) is 6.40. The van der Waals surface area contributed by atoms with Crippen LogP contribution in [0.15, 0.2) is 30.5 Å². The molecular weight excluding hydrogens is 367 g/mol. The van der Waals surface area contributed by atoms with E-state index in [0.717, 1.165) is 38.2 Å². The minimum absolute atomic E-state index is 0.0233. The normalized spacial score (nSPS) is 13.9. The molecule has 1 fully saturated rings. The topological polar surface area (TPSA) is 46.9 Å². The number of carbonyl (C=O) groups excluding carboxylic acids is 1. The van der Waals surface area contributed by atoms with Gasteiger partial charge in [-0.15, -0.1) is 0 Å². The smallest absolute Gasteiger partial charge is 0.284 e. The first-order chi connectivity index (χ1) is 13.5. The largest absolute Gasteiger partial charge is 0.319 e. The van der Waals surface area contributed by atoms with Crippen LogP contribution in [0.2, 0.25) is 0 Å². The van der Waals surface area contributed by atoms with Gasteiger partial charge in [-0.3, -0.25) is 9.48 Å². The molecule has 0 bridgehead atoms. The summed E-state index contributed by atoms with van der Waals surface area (Å²) >= 11 is 0. The minimum atomic E-state index is -2.79. The number of anilines is 1. The van der Waals surface area contributed by atoms with E-state index in [-0.39, 0.29) is 17.3 Å². The number of nitrogens with one attached hydrogen (secondary N) is 1. The molecule has 4 nitrogen and oxygen atoms in total. The van der Waals surface area contributed by atoms with Crippen molar-refractivity contribution in [3.63, 3.8) is 0 Å². The second-order valence-corrected chi connectivity index (χ2v) is 5.97. The summed E-state index contributed by atoms with van der Waals surface area (Å²) in [6.07, 6.45) is 3.66. The van der Waals surface area contributed by atoms with E-state index < -0.39 is 23.8 Å². The minimum Gasteiger partial charge on any atom is -0.319 e. The lowest BCUT2D eigenvalue weighted by atomic mass is 9.96. The Labute approximate surface area is 165 Å². The van der Waals surface area contributed by atoms with Crippen molar-refractivity contribution in [3.8, 4) is 0 Å². The molecule has 1 saturated carbocycles. The first-order valence-corrected chi connectivity index (χ1v) is 9.98.